The summed E-state index contributed by atoms with van der Waals surface area (Å²) in [6.45, 7) is -0.208. The molecule has 1 aromatic carbocycles. The monoisotopic (exact) mass is 403 g/mol. The fourth-order valence-corrected chi connectivity index (χ4v) is 3.50. The molecular formula is C16H19BrClNO4. The number of carbonyl (C=O) groups is 2. The van der Waals surface area contributed by atoms with Crippen LogP contribution in [0.3, 0.4) is 0 Å². The van der Waals surface area contributed by atoms with Gasteiger partial charge in [-0.15, -0.1) is 0 Å². The Morgan fingerprint density at radius 3 is 2.61 bits per heavy atom. The van der Waals surface area contributed by atoms with Crippen LogP contribution in [0.4, 0.5) is 0 Å². The third kappa shape index (κ3) is 4.61. The fourth-order valence-electron chi connectivity index (χ4n) is 2.77. The van der Waals surface area contributed by atoms with Crippen molar-refractivity contribution in [3.63, 3.8) is 0 Å². The number of hydrogen-bond donors (Lipinski definition) is 1. The van der Waals surface area contributed by atoms with Gasteiger partial charge in [0.1, 0.15) is 11.3 Å². The average molecular weight is 405 g/mol. The van der Waals surface area contributed by atoms with E-state index < -0.39 is 11.5 Å². The maximum Gasteiger partial charge on any atom is 0.331 e. The molecule has 126 valence electrons. The Bertz CT molecular complexity index is 587. The predicted octanol–water partition coefficient (Wildman–Crippen LogP) is 3.47. The molecule has 1 aliphatic carbocycles. The van der Waals surface area contributed by atoms with Crippen molar-refractivity contribution in [1.82, 2.24) is 5.32 Å². The lowest BCUT2D eigenvalue weighted by Gasteiger charge is -2.35. The van der Waals surface area contributed by atoms with Crippen LogP contribution in [-0.2, 0) is 14.3 Å². The minimum Gasteiger partial charge on any atom is -0.482 e. The van der Waals surface area contributed by atoms with E-state index in [1.807, 2.05) is 0 Å². The molecule has 0 saturated heterocycles. The van der Waals surface area contributed by atoms with Crippen molar-refractivity contribution >= 4 is 39.4 Å². The topological polar surface area (TPSA) is 64.6 Å². The zero-order chi connectivity index (χ0) is 16.9. The molecule has 1 aliphatic rings. The Kier molecular flexibility index (Phi) is 6.30. The van der Waals surface area contributed by atoms with E-state index in [0.29, 0.717) is 23.6 Å². The molecule has 0 heterocycles. The first-order chi connectivity index (χ1) is 11.0. The summed E-state index contributed by atoms with van der Waals surface area (Å²) in [7, 11) is 1.34. The molecule has 1 aromatic rings. The number of benzene rings is 1. The van der Waals surface area contributed by atoms with Gasteiger partial charge in [0.2, 0.25) is 0 Å². The summed E-state index contributed by atoms with van der Waals surface area (Å²) >= 11 is 9.35. The number of halogens is 2. The highest BCUT2D eigenvalue weighted by atomic mass is 79.9. The van der Waals surface area contributed by atoms with Crippen LogP contribution in [0.15, 0.2) is 22.7 Å². The van der Waals surface area contributed by atoms with Gasteiger partial charge in [0.05, 0.1) is 12.1 Å². The maximum atomic E-state index is 12.2. The number of carbonyl (C=O) groups excluding carboxylic acids is 2. The smallest absolute Gasteiger partial charge is 0.331 e. The SMILES string of the molecule is COC(=O)C1(NC(=O)COc2ccc(Br)cc2Cl)CCCCC1. The van der Waals surface area contributed by atoms with Crippen molar-refractivity contribution in [3.8, 4) is 5.75 Å². The van der Waals surface area contributed by atoms with E-state index in [1.54, 1.807) is 18.2 Å². The number of ether oxygens (including phenoxy) is 2. The molecule has 0 aromatic heterocycles. The molecule has 1 N–H and O–H groups in total. The largest absolute Gasteiger partial charge is 0.482 e. The molecule has 0 bridgehead atoms. The number of rotatable bonds is 5. The van der Waals surface area contributed by atoms with Gasteiger partial charge in [0, 0.05) is 4.47 Å². The van der Waals surface area contributed by atoms with E-state index in [1.165, 1.54) is 7.11 Å². The Balaban J connectivity index is 1.98. The van der Waals surface area contributed by atoms with Gasteiger partial charge in [-0.2, -0.15) is 0 Å². The van der Waals surface area contributed by atoms with E-state index in [9.17, 15) is 9.59 Å². The standard InChI is InChI=1S/C16H19BrClNO4/c1-22-15(21)16(7-3-2-4-8-16)19-14(20)10-23-13-6-5-11(17)9-12(13)18/h5-6,9H,2-4,7-8,10H2,1H3,(H,19,20). The first kappa shape index (κ1) is 18.1. The van der Waals surface area contributed by atoms with Gasteiger partial charge in [0.25, 0.3) is 5.91 Å². The van der Waals surface area contributed by atoms with Crippen LogP contribution in [-0.4, -0.2) is 31.1 Å². The molecule has 23 heavy (non-hydrogen) atoms. The molecule has 1 saturated carbocycles. The highest BCUT2D eigenvalue weighted by Crippen LogP contribution is 2.30. The number of nitrogens with one attached hydrogen (secondary N) is 1. The molecule has 0 aliphatic heterocycles. The first-order valence-corrected chi connectivity index (χ1v) is 8.61. The number of amides is 1. The molecule has 0 spiro atoms. The van der Waals surface area contributed by atoms with E-state index in [2.05, 4.69) is 21.2 Å². The summed E-state index contributed by atoms with van der Waals surface area (Å²) in [6.07, 6.45) is 4.00. The van der Waals surface area contributed by atoms with Crippen LogP contribution in [0, 0.1) is 0 Å². The van der Waals surface area contributed by atoms with Crippen LogP contribution >= 0.6 is 27.5 Å². The minimum absolute atomic E-state index is 0.208. The zero-order valence-corrected chi connectivity index (χ0v) is 15.2. The lowest BCUT2D eigenvalue weighted by Crippen LogP contribution is -2.57. The van der Waals surface area contributed by atoms with Gasteiger partial charge >= 0.3 is 5.97 Å². The maximum absolute atomic E-state index is 12.2. The Morgan fingerprint density at radius 2 is 2.00 bits per heavy atom. The molecule has 0 unspecified atom stereocenters. The van der Waals surface area contributed by atoms with Crippen molar-refractivity contribution < 1.29 is 19.1 Å². The summed E-state index contributed by atoms with van der Waals surface area (Å²) in [4.78, 5) is 24.3. The van der Waals surface area contributed by atoms with Gasteiger partial charge < -0.3 is 14.8 Å². The van der Waals surface area contributed by atoms with Crippen molar-refractivity contribution in [2.24, 2.45) is 0 Å². The van der Waals surface area contributed by atoms with Gasteiger partial charge in [-0.1, -0.05) is 46.8 Å². The fraction of sp³-hybridized carbons (Fsp3) is 0.500. The van der Waals surface area contributed by atoms with Crippen molar-refractivity contribution in [3.05, 3.63) is 27.7 Å². The number of esters is 1. The Morgan fingerprint density at radius 1 is 1.30 bits per heavy atom. The average Bonchev–Trinajstić information content (AvgIpc) is 2.54. The molecule has 2 rings (SSSR count). The van der Waals surface area contributed by atoms with E-state index >= 15 is 0 Å². The van der Waals surface area contributed by atoms with Crippen molar-refractivity contribution in [2.75, 3.05) is 13.7 Å². The minimum atomic E-state index is -0.934. The summed E-state index contributed by atoms with van der Waals surface area (Å²) in [6, 6.07) is 5.14. The van der Waals surface area contributed by atoms with Crippen LogP contribution in [0.2, 0.25) is 5.02 Å². The third-order valence-electron chi connectivity index (χ3n) is 3.91. The molecule has 5 nitrogen and oxygen atoms in total. The normalized spacial score (nSPS) is 16.5. The molecule has 0 atom stereocenters. The second kappa shape index (κ2) is 8.02. The summed E-state index contributed by atoms with van der Waals surface area (Å²) in [5.74, 6) is -0.343. The first-order valence-electron chi connectivity index (χ1n) is 7.44. The summed E-state index contributed by atoms with van der Waals surface area (Å²) < 4.78 is 11.1. The molecular weight excluding hydrogens is 386 g/mol. The molecule has 1 amide bonds. The van der Waals surface area contributed by atoms with Gasteiger partial charge in [0.15, 0.2) is 6.61 Å². The second-order valence-corrected chi connectivity index (χ2v) is 6.87. The van der Waals surface area contributed by atoms with Gasteiger partial charge in [-0.05, 0) is 31.0 Å². The Hall–Kier alpha value is -1.27. The molecule has 0 radical (unpaired) electrons. The highest BCUT2D eigenvalue weighted by molar-refractivity contribution is 9.10. The van der Waals surface area contributed by atoms with E-state index in [0.717, 1.165) is 23.7 Å². The number of methoxy groups -OCH3 is 1. The van der Waals surface area contributed by atoms with Crippen LogP contribution in [0.5, 0.6) is 5.75 Å². The van der Waals surface area contributed by atoms with Crippen LogP contribution in [0.25, 0.3) is 0 Å². The third-order valence-corrected chi connectivity index (χ3v) is 4.70. The second-order valence-electron chi connectivity index (χ2n) is 5.55. The predicted molar refractivity (Wildman–Crippen MR) is 90.6 cm³/mol. The van der Waals surface area contributed by atoms with E-state index in [4.69, 9.17) is 21.1 Å². The molecule has 1 fully saturated rings. The van der Waals surface area contributed by atoms with Crippen LogP contribution < -0.4 is 10.1 Å². The number of hydrogen-bond acceptors (Lipinski definition) is 4. The quantitative estimate of drug-likeness (QED) is 0.763. The van der Waals surface area contributed by atoms with Gasteiger partial charge in [-0.25, -0.2) is 4.79 Å². The zero-order valence-electron chi connectivity index (χ0n) is 12.9. The van der Waals surface area contributed by atoms with E-state index in [-0.39, 0.29) is 12.5 Å². The van der Waals surface area contributed by atoms with Gasteiger partial charge in [-0.3, -0.25) is 4.79 Å². The molecule has 7 heteroatoms. The Labute approximate surface area is 148 Å². The summed E-state index contributed by atoms with van der Waals surface area (Å²) in [5.41, 5.74) is -0.934. The van der Waals surface area contributed by atoms with Crippen LogP contribution in [0.1, 0.15) is 32.1 Å². The lowest BCUT2D eigenvalue weighted by molar-refractivity contribution is -0.152. The summed E-state index contributed by atoms with van der Waals surface area (Å²) in [5, 5.41) is 3.20. The highest BCUT2D eigenvalue weighted by Gasteiger charge is 2.41. The van der Waals surface area contributed by atoms with Crippen molar-refractivity contribution in [1.29, 1.82) is 0 Å². The lowest BCUT2D eigenvalue weighted by atomic mass is 9.81. The van der Waals surface area contributed by atoms with Crippen molar-refractivity contribution in [2.45, 2.75) is 37.6 Å².